The van der Waals surface area contributed by atoms with E-state index in [0.29, 0.717) is 17.4 Å². The fourth-order valence-electron chi connectivity index (χ4n) is 6.36. The standard InChI is InChI=1S/C28H35F3O2/c1-3-4-5-6-7-17-8-9-19-15-20(11-10-18(19)14-17)22-13-12-21-16-23(28(32)33-2)26(30)27(31)24(21)25(22)29/h12-13,16-20H,3-11,14-15H2,1-2H3. The first-order valence-corrected chi connectivity index (χ1v) is 12.6. The lowest BCUT2D eigenvalue weighted by Gasteiger charge is -2.42. The van der Waals surface area contributed by atoms with Crippen LogP contribution in [-0.4, -0.2) is 13.1 Å². The predicted molar refractivity (Wildman–Crippen MR) is 125 cm³/mol. The Balaban J connectivity index is 1.49. The molecule has 0 aliphatic heterocycles. The first kappa shape index (κ1) is 24.1. The minimum Gasteiger partial charge on any atom is -0.465 e. The minimum absolute atomic E-state index is 0.0273. The summed E-state index contributed by atoms with van der Waals surface area (Å²) < 4.78 is 49.3. The Labute approximate surface area is 194 Å². The van der Waals surface area contributed by atoms with E-state index in [-0.39, 0.29) is 16.7 Å². The molecule has 0 amide bonds. The molecule has 2 nitrogen and oxygen atoms in total. The number of hydrogen-bond acceptors (Lipinski definition) is 2. The van der Waals surface area contributed by atoms with Crippen molar-refractivity contribution < 1.29 is 22.7 Å². The van der Waals surface area contributed by atoms with Crippen molar-refractivity contribution in [3.63, 3.8) is 0 Å². The number of carbonyl (C=O) groups excluding carboxylic acids is 1. The molecule has 4 atom stereocenters. The van der Waals surface area contributed by atoms with Crippen LogP contribution >= 0.6 is 0 Å². The van der Waals surface area contributed by atoms with Crippen LogP contribution in [0.2, 0.25) is 0 Å². The van der Waals surface area contributed by atoms with E-state index in [2.05, 4.69) is 11.7 Å². The Morgan fingerprint density at radius 3 is 2.45 bits per heavy atom. The van der Waals surface area contributed by atoms with Crippen molar-refractivity contribution >= 4 is 16.7 Å². The van der Waals surface area contributed by atoms with Crippen molar-refractivity contribution in [2.24, 2.45) is 17.8 Å². The van der Waals surface area contributed by atoms with Gasteiger partial charge in [-0.05, 0) is 72.8 Å². The van der Waals surface area contributed by atoms with Crippen molar-refractivity contribution in [3.05, 3.63) is 46.8 Å². The van der Waals surface area contributed by atoms with Gasteiger partial charge in [-0.1, -0.05) is 57.6 Å². The molecule has 0 radical (unpaired) electrons. The molecule has 2 saturated carbocycles. The third-order valence-electron chi connectivity index (χ3n) is 8.19. The molecule has 2 aliphatic rings. The van der Waals surface area contributed by atoms with E-state index < -0.39 is 29.0 Å². The minimum atomic E-state index is -1.36. The molecular formula is C28H35F3O2. The van der Waals surface area contributed by atoms with Crippen LogP contribution in [0.4, 0.5) is 13.2 Å². The Morgan fingerprint density at radius 1 is 0.939 bits per heavy atom. The topological polar surface area (TPSA) is 26.3 Å². The highest BCUT2D eigenvalue weighted by Gasteiger charge is 2.37. The summed E-state index contributed by atoms with van der Waals surface area (Å²) in [6, 6.07) is 4.47. The lowest BCUT2D eigenvalue weighted by molar-refractivity contribution is 0.0594. The number of rotatable bonds is 7. The molecule has 0 N–H and O–H groups in total. The van der Waals surface area contributed by atoms with Gasteiger partial charge in [-0.2, -0.15) is 0 Å². The highest BCUT2D eigenvalue weighted by Crippen LogP contribution is 2.49. The third kappa shape index (κ3) is 4.93. The van der Waals surface area contributed by atoms with Gasteiger partial charge in [0, 0.05) is 0 Å². The normalized spacial score (nSPS) is 25.1. The molecule has 0 saturated heterocycles. The number of hydrogen-bond donors (Lipinski definition) is 0. The summed E-state index contributed by atoms with van der Waals surface area (Å²) >= 11 is 0. The van der Waals surface area contributed by atoms with E-state index in [1.165, 1.54) is 57.4 Å². The number of fused-ring (bicyclic) bond motifs is 2. The number of benzene rings is 2. The maximum Gasteiger partial charge on any atom is 0.340 e. The van der Waals surface area contributed by atoms with Gasteiger partial charge in [-0.25, -0.2) is 18.0 Å². The van der Waals surface area contributed by atoms with Crippen molar-refractivity contribution in [2.45, 2.75) is 83.5 Å². The van der Waals surface area contributed by atoms with Gasteiger partial charge in [0.05, 0.1) is 18.1 Å². The SMILES string of the molecule is CCCCCCC1CCC2CC(c3ccc4cc(C(=O)OC)c(F)c(F)c4c3F)CCC2C1. The van der Waals surface area contributed by atoms with E-state index in [1.807, 2.05) is 0 Å². The molecule has 4 unspecified atom stereocenters. The molecule has 2 aliphatic carbocycles. The molecule has 2 fully saturated rings. The maximum absolute atomic E-state index is 15.5. The van der Waals surface area contributed by atoms with E-state index in [0.717, 1.165) is 32.3 Å². The molecule has 5 heteroatoms. The van der Waals surface area contributed by atoms with Gasteiger partial charge in [0.25, 0.3) is 0 Å². The van der Waals surface area contributed by atoms with Gasteiger partial charge in [0.15, 0.2) is 11.6 Å². The molecule has 2 aromatic carbocycles. The highest BCUT2D eigenvalue weighted by molar-refractivity contribution is 5.96. The monoisotopic (exact) mass is 460 g/mol. The van der Waals surface area contributed by atoms with Crippen LogP contribution in [0.25, 0.3) is 10.8 Å². The lowest BCUT2D eigenvalue weighted by atomic mass is 9.63. The fraction of sp³-hybridized carbons (Fsp3) is 0.607. The van der Waals surface area contributed by atoms with Gasteiger partial charge < -0.3 is 4.74 Å². The van der Waals surface area contributed by atoms with Crippen LogP contribution in [0, 0.1) is 35.2 Å². The quantitative estimate of drug-likeness (QED) is 0.307. The van der Waals surface area contributed by atoms with Gasteiger partial charge in [0.2, 0.25) is 0 Å². The number of methoxy groups -OCH3 is 1. The number of unbranched alkanes of at least 4 members (excludes halogenated alkanes) is 3. The first-order valence-electron chi connectivity index (χ1n) is 12.6. The average Bonchev–Trinajstić information content (AvgIpc) is 2.83. The average molecular weight is 461 g/mol. The van der Waals surface area contributed by atoms with Crippen LogP contribution in [-0.2, 0) is 4.74 Å². The van der Waals surface area contributed by atoms with Crippen molar-refractivity contribution in [1.82, 2.24) is 0 Å². The Bertz CT molecular complexity index is 1000. The summed E-state index contributed by atoms with van der Waals surface area (Å²) in [5.41, 5.74) is -0.0339. The summed E-state index contributed by atoms with van der Waals surface area (Å²) in [7, 11) is 1.10. The molecule has 0 bridgehead atoms. The zero-order valence-corrected chi connectivity index (χ0v) is 19.8. The van der Waals surface area contributed by atoms with Crippen LogP contribution in [0.3, 0.4) is 0 Å². The second-order valence-electron chi connectivity index (χ2n) is 10.2. The summed E-state index contributed by atoms with van der Waals surface area (Å²) in [5.74, 6) is -2.17. The zero-order chi connectivity index (χ0) is 23.5. The van der Waals surface area contributed by atoms with Crippen LogP contribution in [0.1, 0.15) is 99.4 Å². The van der Waals surface area contributed by atoms with Crippen molar-refractivity contribution in [1.29, 1.82) is 0 Å². The largest absolute Gasteiger partial charge is 0.465 e. The molecule has 33 heavy (non-hydrogen) atoms. The molecule has 0 spiro atoms. The second kappa shape index (κ2) is 10.5. The zero-order valence-electron chi connectivity index (χ0n) is 19.8. The van der Waals surface area contributed by atoms with E-state index >= 15 is 4.39 Å². The van der Waals surface area contributed by atoms with E-state index in [4.69, 9.17) is 0 Å². The summed E-state index contributed by atoms with van der Waals surface area (Å²) in [4.78, 5) is 11.8. The van der Waals surface area contributed by atoms with Gasteiger partial charge in [-0.15, -0.1) is 0 Å². The van der Waals surface area contributed by atoms with E-state index in [9.17, 15) is 13.6 Å². The molecule has 4 rings (SSSR count). The fourth-order valence-corrected chi connectivity index (χ4v) is 6.36. The number of ether oxygens (including phenoxy) is 1. The Hall–Kier alpha value is -2.04. The van der Waals surface area contributed by atoms with Crippen molar-refractivity contribution in [2.75, 3.05) is 7.11 Å². The molecule has 0 aromatic heterocycles. The van der Waals surface area contributed by atoms with Gasteiger partial charge >= 0.3 is 5.97 Å². The summed E-state index contributed by atoms with van der Waals surface area (Å²) in [6.07, 6.45) is 13.2. The highest BCUT2D eigenvalue weighted by atomic mass is 19.2. The van der Waals surface area contributed by atoms with Crippen molar-refractivity contribution in [3.8, 4) is 0 Å². The first-order chi connectivity index (χ1) is 15.9. The smallest absolute Gasteiger partial charge is 0.340 e. The van der Waals surface area contributed by atoms with Crippen LogP contribution in [0.5, 0.6) is 0 Å². The molecule has 180 valence electrons. The lowest BCUT2D eigenvalue weighted by Crippen LogP contribution is -2.30. The van der Waals surface area contributed by atoms with E-state index in [1.54, 1.807) is 12.1 Å². The second-order valence-corrected chi connectivity index (χ2v) is 10.2. The Kier molecular flexibility index (Phi) is 7.65. The number of esters is 1. The predicted octanol–water partition coefficient (Wildman–Crippen LogP) is 8.31. The number of halogens is 3. The Morgan fingerprint density at radius 2 is 1.70 bits per heavy atom. The maximum atomic E-state index is 15.5. The van der Waals surface area contributed by atoms with Gasteiger partial charge in [-0.3, -0.25) is 0 Å². The molecule has 0 heterocycles. The summed E-state index contributed by atoms with van der Waals surface area (Å²) in [5, 5.41) is -0.191. The molecule has 2 aromatic rings. The van der Waals surface area contributed by atoms with Crippen LogP contribution < -0.4 is 0 Å². The van der Waals surface area contributed by atoms with Gasteiger partial charge in [0.1, 0.15) is 5.82 Å². The van der Waals surface area contributed by atoms with Crippen LogP contribution in [0.15, 0.2) is 18.2 Å². The third-order valence-corrected chi connectivity index (χ3v) is 8.19. The molecular weight excluding hydrogens is 425 g/mol. The number of carbonyl (C=O) groups is 1. The summed E-state index contributed by atoms with van der Waals surface area (Å²) in [6.45, 7) is 2.24.